The Morgan fingerprint density at radius 2 is 2.18 bits per heavy atom. The Hall–Kier alpha value is -2.55. The van der Waals surface area contributed by atoms with Gasteiger partial charge < -0.3 is 16.0 Å². The lowest BCUT2D eigenvalue weighted by Crippen LogP contribution is -2.44. The lowest BCUT2D eigenvalue weighted by Gasteiger charge is -2.22. The molecule has 10 heteroatoms. The molecule has 1 unspecified atom stereocenters. The fourth-order valence-corrected chi connectivity index (χ4v) is 3.18. The van der Waals surface area contributed by atoms with Crippen molar-refractivity contribution in [2.45, 2.75) is 32.2 Å². The molecular formula is C18H21ClF2N6O. The van der Waals surface area contributed by atoms with Crippen molar-refractivity contribution in [1.29, 1.82) is 0 Å². The number of rotatable bonds is 7. The van der Waals surface area contributed by atoms with E-state index in [1.807, 2.05) is 19.9 Å². The molecule has 0 bridgehead atoms. The number of amides is 1. The Morgan fingerprint density at radius 1 is 1.39 bits per heavy atom. The van der Waals surface area contributed by atoms with Gasteiger partial charge in [0.05, 0.1) is 17.5 Å². The molecular weight excluding hydrogens is 390 g/mol. The molecule has 2 aromatic rings. The summed E-state index contributed by atoms with van der Waals surface area (Å²) in [5.74, 6) is 0.971. The minimum absolute atomic E-state index is 0.131. The van der Waals surface area contributed by atoms with Crippen LogP contribution >= 0.6 is 11.6 Å². The molecule has 2 aromatic heterocycles. The first kappa shape index (κ1) is 20.2. The average molecular weight is 411 g/mol. The molecule has 1 aliphatic heterocycles. The van der Waals surface area contributed by atoms with Gasteiger partial charge in [0.25, 0.3) is 6.43 Å². The zero-order chi connectivity index (χ0) is 20.3. The standard InChI is InChI=1S/C18H21ClF2N6O/c1-9(2)15(18(28)25-8-13(20)21)26-14-3-4-22-17(27-14)12-7-24-16-11(12)5-10(19)6-23-16/h3-6,9,12-13,15H,7-8H2,1-2H3,(H,23,24)(H,25,28)(H,22,26,27)/t12?,15-/m1/s1. The van der Waals surface area contributed by atoms with Crippen molar-refractivity contribution in [3.05, 3.63) is 40.9 Å². The summed E-state index contributed by atoms with van der Waals surface area (Å²) in [7, 11) is 0. The number of anilines is 2. The van der Waals surface area contributed by atoms with E-state index in [1.165, 1.54) is 0 Å². The van der Waals surface area contributed by atoms with Crippen LogP contribution in [0.25, 0.3) is 0 Å². The van der Waals surface area contributed by atoms with Crippen molar-refractivity contribution in [2.75, 3.05) is 23.7 Å². The number of alkyl halides is 2. The minimum Gasteiger partial charge on any atom is -0.369 e. The number of aromatic nitrogens is 3. The number of halogens is 3. The van der Waals surface area contributed by atoms with Crippen molar-refractivity contribution >= 4 is 29.1 Å². The molecule has 0 aliphatic carbocycles. The van der Waals surface area contributed by atoms with Gasteiger partial charge in [-0.05, 0) is 18.1 Å². The fraction of sp³-hybridized carbons (Fsp3) is 0.444. The Bertz CT molecular complexity index is 851. The maximum absolute atomic E-state index is 12.4. The molecule has 0 spiro atoms. The van der Waals surface area contributed by atoms with Crippen LogP contribution in [-0.4, -0.2) is 46.4 Å². The third-order valence-corrected chi connectivity index (χ3v) is 4.61. The van der Waals surface area contributed by atoms with Crippen LogP contribution in [-0.2, 0) is 4.79 Å². The zero-order valence-electron chi connectivity index (χ0n) is 15.4. The predicted octanol–water partition coefficient (Wildman–Crippen LogP) is 2.90. The molecule has 0 radical (unpaired) electrons. The number of fused-ring (bicyclic) bond motifs is 1. The Kier molecular flexibility index (Phi) is 6.23. The SMILES string of the molecule is CC(C)[C@@H](Nc1ccnc(C2CNc3ncc(Cl)cc32)n1)C(=O)NCC(F)F. The molecule has 2 atom stereocenters. The molecule has 3 rings (SSSR count). The zero-order valence-corrected chi connectivity index (χ0v) is 16.2. The van der Waals surface area contributed by atoms with E-state index in [4.69, 9.17) is 11.6 Å². The predicted molar refractivity (Wildman–Crippen MR) is 103 cm³/mol. The second kappa shape index (κ2) is 8.64. The summed E-state index contributed by atoms with van der Waals surface area (Å²) < 4.78 is 24.8. The van der Waals surface area contributed by atoms with Gasteiger partial charge in [-0.15, -0.1) is 0 Å². The van der Waals surface area contributed by atoms with Crippen LogP contribution in [0.5, 0.6) is 0 Å². The van der Waals surface area contributed by atoms with Crippen LogP contribution in [0.4, 0.5) is 20.4 Å². The second-order valence-electron chi connectivity index (χ2n) is 6.83. The highest BCUT2D eigenvalue weighted by Crippen LogP contribution is 2.34. The van der Waals surface area contributed by atoms with E-state index in [9.17, 15) is 13.6 Å². The number of hydrogen-bond acceptors (Lipinski definition) is 6. The van der Waals surface area contributed by atoms with E-state index >= 15 is 0 Å². The van der Waals surface area contributed by atoms with Gasteiger partial charge in [0.2, 0.25) is 5.91 Å². The van der Waals surface area contributed by atoms with E-state index in [2.05, 4.69) is 30.9 Å². The molecule has 1 aliphatic rings. The van der Waals surface area contributed by atoms with Crippen LogP contribution in [0.3, 0.4) is 0 Å². The highest BCUT2D eigenvalue weighted by molar-refractivity contribution is 6.30. The van der Waals surface area contributed by atoms with Gasteiger partial charge in [-0.1, -0.05) is 25.4 Å². The van der Waals surface area contributed by atoms with Crippen molar-refractivity contribution < 1.29 is 13.6 Å². The number of nitrogens with zero attached hydrogens (tertiary/aromatic N) is 3. The maximum Gasteiger partial charge on any atom is 0.255 e. The molecule has 3 heterocycles. The molecule has 0 aromatic carbocycles. The van der Waals surface area contributed by atoms with Gasteiger partial charge in [-0.2, -0.15) is 0 Å². The summed E-state index contributed by atoms with van der Waals surface area (Å²) in [6, 6.07) is 2.76. The Labute approximate surface area is 166 Å². The molecule has 0 saturated carbocycles. The van der Waals surface area contributed by atoms with Gasteiger partial charge in [-0.3, -0.25) is 4.79 Å². The Morgan fingerprint density at radius 3 is 2.89 bits per heavy atom. The molecule has 3 N–H and O–H groups in total. The van der Waals surface area contributed by atoms with Gasteiger partial charge in [0, 0.05) is 24.5 Å². The fourth-order valence-electron chi connectivity index (χ4n) is 3.01. The second-order valence-corrected chi connectivity index (χ2v) is 7.26. The molecule has 0 saturated heterocycles. The summed E-state index contributed by atoms with van der Waals surface area (Å²) in [6.45, 7) is 3.55. The van der Waals surface area contributed by atoms with E-state index in [1.54, 1.807) is 18.5 Å². The quantitative estimate of drug-likeness (QED) is 0.650. The smallest absolute Gasteiger partial charge is 0.255 e. The van der Waals surface area contributed by atoms with Crippen molar-refractivity contribution in [3.8, 4) is 0 Å². The largest absolute Gasteiger partial charge is 0.369 e. The van der Waals surface area contributed by atoms with E-state index in [0.29, 0.717) is 23.2 Å². The molecule has 150 valence electrons. The maximum atomic E-state index is 12.4. The van der Waals surface area contributed by atoms with Crippen LogP contribution in [0.2, 0.25) is 5.02 Å². The summed E-state index contributed by atoms with van der Waals surface area (Å²) in [5.41, 5.74) is 0.903. The van der Waals surface area contributed by atoms with Gasteiger partial charge in [-0.25, -0.2) is 23.7 Å². The van der Waals surface area contributed by atoms with E-state index in [-0.39, 0.29) is 11.8 Å². The first-order chi connectivity index (χ1) is 13.3. The van der Waals surface area contributed by atoms with E-state index < -0.39 is 24.9 Å². The van der Waals surface area contributed by atoms with Crippen LogP contribution in [0.15, 0.2) is 24.5 Å². The van der Waals surface area contributed by atoms with E-state index in [0.717, 1.165) is 11.4 Å². The molecule has 0 fully saturated rings. The monoisotopic (exact) mass is 410 g/mol. The summed E-state index contributed by atoms with van der Waals surface area (Å²) in [4.78, 5) is 25.4. The molecule has 28 heavy (non-hydrogen) atoms. The first-order valence-electron chi connectivity index (χ1n) is 8.89. The normalized spacial score (nSPS) is 16.6. The van der Waals surface area contributed by atoms with Gasteiger partial charge in [0.15, 0.2) is 0 Å². The van der Waals surface area contributed by atoms with Crippen LogP contribution in [0, 0.1) is 5.92 Å². The Balaban J connectivity index is 1.78. The third kappa shape index (κ3) is 4.64. The number of hydrogen-bond donors (Lipinski definition) is 3. The highest BCUT2D eigenvalue weighted by atomic mass is 35.5. The summed E-state index contributed by atoms with van der Waals surface area (Å²) in [6.07, 6.45) is 0.562. The molecule has 1 amide bonds. The van der Waals surface area contributed by atoms with Crippen molar-refractivity contribution in [1.82, 2.24) is 20.3 Å². The third-order valence-electron chi connectivity index (χ3n) is 4.40. The summed E-state index contributed by atoms with van der Waals surface area (Å²) in [5, 5.41) is 9.00. The lowest BCUT2D eigenvalue weighted by molar-refractivity contribution is -0.123. The number of carbonyl (C=O) groups excluding carboxylic acids is 1. The van der Waals surface area contributed by atoms with Crippen molar-refractivity contribution in [3.63, 3.8) is 0 Å². The minimum atomic E-state index is -2.60. The summed E-state index contributed by atoms with van der Waals surface area (Å²) >= 11 is 6.06. The number of pyridine rings is 1. The first-order valence-corrected chi connectivity index (χ1v) is 9.27. The lowest BCUT2D eigenvalue weighted by atomic mass is 10.0. The average Bonchev–Trinajstić information content (AvgIpc) is 3.07. The topological polar surface area (TPSA) is 91.8 Å². The molecule has 7 nitrogen and oxygen atoms in total. The number of nitrogens with one attached hydrogen (secondary N) is 3. The number of carbonyl (C=O) groups is 1. The van der Waals surface area contributed by atoms with Crippen molar-refractivity contribution in [2.24, 2.45) is 5.92 Å². The van der Waals surface area contributed by atoms with Gasteiger partial charge >= 0.3 is 0 Å². The van der Waals surface area contributed by atoms with Crippen LogP contribution in [0.1, 0.15) is 31.2 Å². The van der Waals surface area contributed by atoms with Crippen LogP contribution < -0.4 is 16.0 Å². The van der Waals surface area contributed by atoms with Gasteiger partial charge in [0.1, 0.15) is 23.5 Å². The highest BCUT2D eigenvalue weighted by Gasteiger charge is 2.28.